The Morgan fingerprint density at radius 2 is 1.09 bits per heavy atom. The Kier molecular flexibility index (Phi) is 8.53. The van der Waals surface area contributed by atoms with Crippen LogP contribution in [0, 0.1) is 0 Å². The summed E-state index contributed by atoms with van der Waals surface area (Å²) in [6.45, 7) is 0.120. The Balaban J connectivity index is 1.92. The van der Waals surface area contributed by atoms with Crippen molar-refractivity contribution in [1.29, 1.82) is 0 Å². The lowest BCUT2D eigenvalue weighted by molar-refractivity contribution is -0.0789. The lowest BCUT2D eigenvalue weighted by atomic mass is 9.82. The molecule has 176 valence electrons. The van der Waals surface area contributed by atoms with E-state index in [0.717, 1.165) is 31.2 Å². The van der Waals surface area contributed by atoms with Crippen molar-refractivity contribution in [3.05, 3.63) is 56.5 Å². The molecule has 0 bridgehead atoms. The van der Waals surface area contributed by atoms with E-state index in [1.165, 1.54) is 0 Å². The first-order valence-corrected chi connectivity index (χ1v) is 14.5. The molecular formula is C20H22Br2O8S2. The highest BCUT2D eigenvalue weighted by molar-refractivity contribution is 9.10. The summed E-state index contributed by atoms with van der Waals surface area (Å²) < 4.78 is 75.9. The molecular weight excluding hydrogens is 592 g/mol. The molecule has 0 radical (unpaired) electrons. The van der Waals surface area contributed by atoms with Crippen LogP contribution in [0.5, 0.6) is 0 Å². The van der Waals surface area contributed by atoms with Crippen molar-refractivity contribution >= 4 is 52.1 Å². The summed E-state index contributed by atoms with van der Waals surface area (Å²) in [5.74, 6) is -0.847. The molecule has 2 unspecified atom stereocenters. The van der Waals surface area contributed by atoms with Crippen molar-refractivity contribution < 1.29 is 35.4 Å². The molecule has 2 atom stereocenters. The molecule has 8 nitrogen and oxygen atoms in total. The van der Waals surface area contributed by atoms with Gasteiger partial charge in [0.25, 0.3) is 20.2 Å². The molecule has 0 amide bonds. The summed E-state index contributed by atoms with van der Waals surface area (Å²) in [5.41, 5.74) is 3.54. The second-order valence-corrected chi connectivity index (χ2v) is 12.3. The van der Waals surface area contributed by atoms with Gasteiger partial charge in [-0.3, -0.25) is 9.11 Å². The van der Waals surface area contributed by atoms with Gasteiger partial charge in [-0.25, -0.2) is 0 Å². The van der Waals surface area contributed by atoms with Gasteiger partial charge in [0.05, 0.1) is 11.5 Å². The zero-order valence-corrected chi connectivity index (χ0v) is 21.6. The van der Waals surface area contributed by atoms with E-state index < -0.39 is 43.9 Å². The summed E-state index contributed by atoms with van der Waals surface area (Å²) in [5, 5.41) is 0. The predicted molar refractivity (Wildman–Crippen MR) is 127 cm³/mol. The lowest BCUT2D eigenvalue weighted by Gasteiger charge is -2.35. The molecule has 2 aromatic carbocycles. The number of fused-ring (bicyclic) bond motifs is 3. The molecule has 0 fully saturated rings. The van der Waals surface area contributed by atoms with Crippen molar-refractivity contribution in [2.45, 2.75) is 25.0 Å². The molecule has 1 aliphatic rings. The standard InChI is InChI=1S/C20H22Br2O8S2/c21-13-3-5-15-16-6-4-14(22)12-18(16)20(30-8-2-10-32(26,27)28)19(17(15)11-13)29-7-1-9-31(23,24)25/h3-6,11-12,19-20H,1-2,7-10H2,(H,23,24,25)(H,26,27,28). The van der Waals surface area contributed by atoms with Crippen LogP contribution in [0.1, 0.15) is 36.2 Å². The quantitative estimate of drug-likeness (QED) is 0.295. The normalized spacial score (nSPS) is 18.2. The topological polar surface area (TPSA) is 127 Å². The Morgan fingerprint density at radius 3 is 1.44 bits per heavy atom. The first-order valence-electron chi connectivity index (χ1n) is 9.67. The van der Waals surface area contributed by atoms with Gasteiger partial charge in [0.15, 0.2) is 0 Å². The van der Waals surface area contributed by atoms with Crippen LogP contribution in [-0.4, -0.2) is 50.7 Å². The van der Waals surface area contributed by atoms with Gasteiger partial charge in [0.1, 0.15) is 12.2 Å². The van der Waals surface area contributed by atoms with Crippen LogP contribution in [0.25, 0.3) is 11.1 Å². The van der Waals surface area contributed by atoms with E-state index >= 15 is 0 Å². The molecule has 0 aromatic heterocycles. The molecule has 12 heteroatoms. The fourth-order valence-corrected chi connectivity index (χ4v) is 5.34. The molecule has 32 heavy (non-hydrogen) atoms. The van der Waals surface area contributed by atoms with Crippen LogP contribution < -0.4 is 0 Å². The van der Waals surface area contributed by atoms with Gasteiger partial charge in [-0.1, -0.05) is 44.0 Å². The van der Waals surface area contributed by atoms with Crippen LogP contribution in [0.15, 0.2) is 45.3 Å². The molecule has 2 N–H and O–H groups in total. The highest BCUT2D eigenvalue weighted by Crippen LogP contribution is 2.49. The number of rotatable bonds is 10. The van der Waals surface area contributed by atoms with Crippen molar-refractivity contribution in [2.75, 3.05) is 24.7 Å². The Hall–Kier alpha value is -0.860. The van der Waals surface area contributed by atoms with E-state index in [1.807, 2.05) is 36.4 Å². The van der Waals surface area contributed by atoms with E-state index in [9.17, 15) is 16.8 Å². The first-order chi connectivity index (χ1) is 14.9. The smallest absolute Gasteiger partial charge is 0.264 e. The van der Waals surface area contributed by atoms with Gasteiger partial charge in [-0.05, 0) is 59.4 Å². The van der Waals surface area contributed by atoms with Gasteiger partial charge >= 0.3 is 0 Å². The third-order valence-corrected chi connectivity index (χ3v) is 7.49. The van der Waals surface area contributed by atoms with Crippen LogP contribution in [0.2, 0.25) is 0 Å². The van der Waals surface area contributed by atoms with Gasteiger partial charge in [0, 0.05) is 22.2 Å². The number of benzene rings is 2. The van der Waals surface area contributed by atoms with Crippen molar-refractivity contribution in [3.8, 4) is 11.1 Å². The number of ether oxygens (including phenoxy) is 2. The maximum Gasteiger partial charge on any atom is 0.264 e. The van der Waals surface area contributed by atoms with Crippen molar-refractivity contribution in [1.82, 2.24) is 0 Å². The maximum absolute atomic E-state index is 11.0. The highest BCUT2D eigenvalue weighted by atomic mass is 79.9. The largest absolute Gasteiger partial charge is 0.370 e. The monoisotopic (exact) mass is 612 g/mol. The summed E-state index contributed by atoms with van der Waals surface area (Å²) in [7, 11) is -8.20. The maximum atomic E-state index is 11.0. The predicted octanol–water partition coefficient (Wildman–Crippen LogP) is 4.56. The SMILES string of the molecule is O=S(=O)(O)CCCOC1c2cc(Br)ccc2-c2ccc(Br)cc2C1OCCCS(=O)(=O)O. The molecule has 0 aliphatic heterocycles. The van der Waals surface area contributed by atoms with Gasteiger partial charge in [-0.2, -0.15) is 16.8 Å². The molecule has 3 rings (SSSR count). The third kappa shape index (κ3) is 7.07. The fourth-order valence-electron chi connectivity index (χ4n) is 3.61. The molecule has 0 saturated heterocycles. The summed E-state index contributed by atoms with van der Waals surface area (Å²) in [4.78, 5) is 0. The minimum Gasteiger partial charge on any atom is -0.370 e. The second-order valence-electron chi connectivity index (χ2n) is 7.33. The Bertz CT molecular complexity index is 1090. The first kappa shape index (κ1) is 25.8. The van der Waals surface area contributed by atoms with Crippen LogP contribution in [0.3, 0.4) is 0 Å². The van der Waals surface area contributed by atoms with E-state index in [0.29, 0.717) is 0 Å². The summed E-state index contributed by atoms with van der Waals surface area (Å²) >= 11 is 6.94. The summed E-state index contributed by atoms with van der Waals surface area (Å²) in [6, 6.07) is 11.5. The van der Waals surface area contributed by atoms with Gasteiger partial charge < -0.3 is 9.47 Å². The second kappa shape index (κ2) is 10.6. The Morgan fingerprint density at radius 1 is 0.719 bits per heavy atom. The lowest BCUT2D eigenvalue weighted by Crippen LogP contribution is -2.24. The highest BCUT2D eigenvalue weighted by Gasteiger charge is 2.35. The zero-order valence-electron chi connectivity index (χ0n) is 16.8. The van der Waals surface area contributed by atoms with Crippen molar-refractivity contribution in [2.24, 2.45) is 0 Å². The molecule has 0 heterocycles. The van der Waals surface area contributed by atoms with E-state index in [4.69, 9.17) is 18.6 Å². The summed E-state index contributed by atoms with van der Waals surface area (Å²) in [6.07, 6.45) is -1.01. The van der Waals surface area contributed by atoms with Gasteiger partial charge in [-0.15, -0.1) is 0 Å². The molecule has 1 aliphatic carbocycles. The molecule has 0 saturated carbocycles. The average Bonchev–Trinajstić information content (AvgIpc) is 2.67. The number of halogens is 2. The molecule has 2 aromatic rings. The number of hydrogen-bond acceptors (Lipinski definition) is 6. The zero-order chi connectivity index (χ0) is 23.5. The minimum absolute atomic E-state index is 0.0601. The van der Waals surface area contributed by atoms with Crippen LogP contribution in [-0.2, 0) is 29.7 Å². The van der Waals surface area contributed by atoms with Crippen molar-refractivity contribution in [3.63, 3.8) is 0 Å². The van der Waals surface area contributed by atoms with Crippen LogP contribution >= 0.6 is 31.9 Å². The van der Waals surface area contributed by atoms with E-state index in [1.54, 1.807) is 0 Å². The third-order valence-electron chi connectivity index (χ3n) is 4.89. The fraction of sp³-hybridized carbons (Fsp3) is 0.400. The number of hydrogen-bond donors (Lipinski definition) is 2. The van der Waals surface area contributed by atoms with Crippen LogP contribution in [0.4, 0.5) is 0 Å². The minimum atomic E-state index is -4.10. The molecule has 0 spiro atoms. The van der Waals surface area contributed by atoms with Gasteiger partial charge in [0.2, 0.25) is 0 Å². The van der Waals surface area contributed by atoms with E-state index in [2.05, 4.69) is 31.9 Å². The average molecular weight is 614 g/mol. The Labute approximate surface area is 204 Å². The van der Waals surface area contributed by atoms with E-state index in [-0.39, 0.29) is 26.1 Å².